The summed E-state index contributed by atoms with van der Waals surface area (Å²) in [5.41, 5.74) is 3.71. The lowest BCUT2D eigenvalue weighted by molar-refractivity contribution is 0.153. The molecule has 1 aliphatic rings. The first kappa shape index (κ1) is 40.0. The third-order valence-corrected chi connectivity index (χ3v) is 16.2. The molecule has 0 unspecified atom stereocenters. The second kappa shape index (κ2) is 16.3. The zero-order valence-electron chi connectivity index (χ0n) is 31.6. The SMILES string of the molecule is COc1cc(C=Cc2ccc(S(=O)(=O)N3CCN(CCO[Si](C)(C)C(C)(C)C)CC3)cc2)ccc1C=Cc1ccc(N(C(=O)O)C(C)(C)C)cc1. The largest absolute Gasteiger partial charge is 0.496 e. The Morgan fingerprint density at radius 1 is 0.824 bits per heavy atom. The predicted molar refractivity (Wildman–Crippen MR) is 212 cm³/mol. The van der Waals surface area contributed by atoms with Gasteiger partial charge in [0.15, 0.2) is 8.32 Å². The quantitative estimate of drug-likeness (QED) is 0.147. The van der Waals surface area contributed by atoms with Crippen molar-refractivity contribution in [3.05, 3.63) is 89.0 Å². The number of hydrogen-bond donors (Lipinski definition) is 1. The van der Waals surface area contributed by atoms with E-state index in [-0.39, 0.29) is 5.04 Å². The number of anilines is 1. The summed E-state index contributed by atoms with van der Waals surface area (Å²) in [6, 6.07) is 20.3. The van der Waals surface area contributed by atoms with Crippen molar-refractivity contribution in [2.45, 2.75) is 70.1 Å². The number of carboxylic acid groups (broad SMARTS) is 1. The molecule has 1 saturated heterocycles. The molecule has 3 aromatic rings. The lowest BCUT2D eigenvalue weighted by atomic mass is 10.0. The summed E-state index contributed by atoms with van der Waals surface area (Å²) >= 11 is 0. The smallest absolute Gasteiger partial charge is 0.412 e. The standard InChI is InChI=1S/C40H55N3O6SSi/c1-39(2,3)43(38(44)45)35-20-14-32(15-21-35)12-18-34-19-13-33(30-37(34)48-7)11-10-31-16-22-36(23-17-31)50(46,47)42-26-24-41(25-27-42)28-29-49-51(8,9)40(4,5)6/h10-23,30H,24-29H2,1-9H3,(H,44,45). The van der Waals surface area contributed by atoms with E-state index in [0.717, 1.165) is 28.8 Å². The van der Waals surface area contributed by atoms with Crippen molar-refractivity contribution >= 4 is 54.4 Å². The van der Waals surface area contributed by atoms with E-state index in [2.05, 4.69) is 38.8 Å². The Labute approximate surface area is 306 Å². The van der Waals surface area contributed by atoms with Gasteiger partial charge in [-0.25, -0.2) is 13.2 Å². The van der Waals surface area contributed by atoms with Gasteiger partial charge in [0.05, 0.1) is 12.0 Å². The van der Waals surface area contributed by atoms with Crippen LogP contribution in [0, 0.1) is 0 Å². The first-order valence-electron chi connectivity index (χ1n) is 17.5. The Balaban J connectivity index is 1.34. The molecule has 0 atom stereocenters. The minimum atomic E-state index is -3.58. The average Bonchev–Trinajstić information content (AvgIpc) is 3.06. The van der Waals surface area contributed by atoms with Crippen LogP contribution in [0.25, 0.3) is 24.3 Å². The van der Waals surface area contributed by atoms with Crippen molar-refractivity contribution in [2.75, 3.05) is 51.3 Å². The number of ether oxygens (including phenoxy) is 1. The Morgan fingerprint density at radius 2 is 1.35 bits per heavy atom. The highest BCUT2D eigenvalue weighted by molar-refractivity contribution is 7.89. The molecule has 0 saturated carbocycles. The summed E-state index contributed by atoms with van der Waals surface area (Å²) < 4.78 is 40.4. The molecule has 3 aromatic carbocycles. The normalized spacial score (nSPS) is 15.5. The zero-order valence-corrected chi connectivity index (χ0v) is 33.5. The van der Waals surface area contributed by atoms with E-state index in [1.165, 1.54) is 4.90 Å². The van der Waals surface area contributed by atoms with E-state index in [9.17, 15) is 18.3 Å². The molecule has 51 heavy (non-hydrogen) atoms. The fourth-order valence-electron chi connectivity index (χ4n) is 5.61. The van der Waals surface area contributed by atoms with E-state index in [0.29, 0.717) is 49.1 Å². The molecule has 4 rings (SSSR count). The van der Waals surface area contributed by atoms with Crippen LogP contribution in [0.5, 0.6) is 5.75 Å². The third-order valence-electron chi connectivity index (χ3n) is 9.72. The highest BCUT2D eigenvalue weighted by Crippen LogP contribution is 2.36. The van der Waals surface area contributed by atoms with E-state index in [1.807, 2.05) is 87.5 Å². The molecular weight excluding hydrogens is 679 g/mol. The van der Waals surface area contributed by atoms with E-state index in [1.54, 1.807) is 35.7 Å². The van der Waals surface area contributed by atoms with Crippen LogP contribution in [-0.2, 0) is 14.4 Å². The second-order valence-electron chi connectivity index (χ2n) is 15.5. The Hall–Kier alpha value is -3.74. The summed E-state index contributed by atoms with van der Waals surface area (Å²) in [5, 5.41) is 9.84. The summed E-state index contributed by atoms with van der Waals surface area (Å²) in [6.07, 6.45) is 6.85. The van der Waals surface area contributed by atoms with Gasteiger partial charge in [-0.15, -0.1) is 0 Å². The molecule has 11 heteroatoms. The summed E-state index contributed by atoms with van der Waals surface area (Å²) in [4.78, 5) is 15.7. The van der Waals surface area contributed by atoms with Gasteiger partial charge in [0.25, 0.3) is 0 Å². The molecule has 9 nitrogen and oxygen atoms in total. The molecule has 1 N–H and O–H groups in total. The summed E-state index contributed by atoms with van der Waals surface area (Å²) in [7, 11) is -3.74. The van der Waals surface area contributed by atoms with Gasteiger partial charge in [-0.1, -0.05) is 81.5 Å². The number of carbonyl (C=O) groups is 1. The van der Waals surface area contributed by atoms with Crippen LogP contribution in [0.2, 0.25) is 18.1 Å². The summed E-state index contributed by atoms with van der Waals surface area (Å²) in [5.74, 6) is 0.708. The minimum Gasteiger partial charge on any atom is -0.496 e. The number of methoxy groups -OCH3 is 1. The molecule has 276 valence electrons. The molecule has 1 aliphatic heterocycles. The molecule has 1 amide bonds. The van der Waals surface area contributed by atoms with Gasteiger partial charge < -0.3 is 14.3 Å². The molecule has 0 bridgehead atoms. The highest BCUT2D eigenvalue weighted by Gasteiger charge is 2.37. The van der Waals surface area contributed by atoms with E-state index < -0.39 is 30.0 Å². The fourth-order valence-corrected chi connectivity index (χ4v) is 8.06. The maximum absolute atomic E-state index is 13.4. The van der Waals surface area contributed by atoms with Gasteiger partial charge in [-0.05, 0) is 85.9 Å². The molecule has 0 aliphatic carbocycles. The minimum absolute atomic E-state index is 0.169. The number of sulfonamides is 1. The van der Waals surface area contributed by atoms with E-state index in [4.69, 9.17) is 9.16 Å². The van der Waals surface area contributed by atoms with Crippen molar-refractivity contribution in [3.8, 4) is 5.75 Å². The van der Waals surface area contributed by atoms with Crippen LogP contribution in [-0.4, -0.2) is 89.1 Å². The van der Waals surface area contributed by atoms with Gasteiger partial charge >= 0.3 is 6.09 Å². The number of piperazine rings is 1. The van der Waals surface area contributed by atoms with Crippen molar-refractivity contribution in [1.82, 2.24) is 9.21 Å². The molecule has 0 radical (unpaired) electrons. The number of amides is 1. The van der Waals surface area contributed by atoms with Crippen LogP contribution in [0.4, 0.5) is 10.5 Å². The van der Waals surface area contributed by atoms with Crippen LogP contribution in [0.1, 0.15) is 63.8 Å². The lowest BCUT2D eigenvalue weighted by Gasteiger charge is -2.38. The van der Waals surface area contributed by atoms with Crippen molar-refractivity contribution in [1.29, 1.82) is 0 Å². The number of hydrogen-bond acceptors (Lipinski definition) is 6. The predicted octanol–water partition coefficient (Wildman–Crippen LogP) is 8.65. The van der Waals surface area contributed by atoms with Crippen LogP contribution < -0.4 is 9.64 Å². The monoisotopic (exact) mass is 733 g/mol. The van der Waals surface area contributed by atoms with Crippen molar-refractivity contribution in [3.63, 3.8) is 0 Å². The van der Waals surface area contributed by atoms with Crippen LogP contribution in [0.15, 0.2) is 71.6 Å². The molecule has 1 fully saturated rings. The summed E-state index contributed by atoms with van der Waals surface area (Å²) in [6.45, 7) is 20.6. The first-order valence-corrected chi connectivity index (χ1v) is 21.8. The molecule has 1 heterocycles. The highest BCUT2D eigenvalue weighted by atomic mass is 32.2. The van der Waals surface area contributed by atoms with Crippen molar-refractivity contribution < 1.29 is 27.5 Å². The zero-order chi connectivity index (χ0) is 37.6. The van der Waals surface area contributed by atoms with E-state index >= 15 is 0 Å². The van der Waals surface area contributed by atoms with Gasteiger partial charge in [0.2, 0.25) is 10.0 Å². The van der Waals surface area contributed by atoms with Gasteiger partial charge in [0.1, 0.15) is 5.75 Å². The Kier molecular flexibility index (Phi) is 12.8. The first-order chi connectivity index (χ1) is 23.8. The van der Waals surface area contributed by atoms with Gasteiger partial charge in [-0.2, -0.15) is 4.31 Å². The molecular formula is C40H55N3O6SSi. The fraction of sp³-hybridized carbons (Fsp3) is 0.425. The Morgan fingerprint density at radius 3 is 1.88 bits per heavy atom. The number of nitrogens with zero attached hydrogens (tertiary/aromatic N) is 3. The average molecular weight is 734 g/mol. The number of benzene rings is 3. The van der Waals surface area contributed by atoms with Gasteiger partial charge in [-0.3, -0.25) is 9.80 Å². The van der Waals surface area contributed by atoms with Gasteiger partial charge in [0, 0.05) is 56.1 Å². The maximum atomic E-state index is 13.4. The van der Waals surface area contributed by atoms with Crippen LogP contribution >= 0.6 is 0 Å². The molecule has 0 spiro atoms. The maximum Gasteiger partial charge on any atom is 0.412 e. The van der Waals surface area contributed by atoms with Crippen LogP contribution in [0.3, 0.4) is 0 Å². The molecule has 0 aromatic heterocycles. The number of rotatable bonds is 12. The Bertz CT molecular complexity index is 1800. The topological polar surface area (TPSA) is 99.6 Å². The second-order valence-corrected chi connectivity index (χ2v) is 22.2. The lowest BCUT2D eigenvalue weighted by Crippen LogP contribution is -2.50. The third kappa shape index (κ3) is 10.4. The van der Waals surface area contributed by atoms with Crippen molar-refractivity contribution in [2.24, 2.45) is 0 Å².